The lowest BCUT2D eigenvalue weighted by Crippen LogP contribution is -2.41. The summed E-state index contributed by atoms with van der Waals surface area (Å²) in [5.41, 5.74) is 4.54. The van der Waals surface area contributed by atoms with Crippen LogP contribution in [0.25, 0.3) is 0 Å². The van der Waals surface area contributed by atoms with Gasteiger partial charge in [-0.05, 0) is 66.0 Å². The maximum atomic E-state index is 13.7. The highest BCUT2D eigenvalue weighted by atomic mass is 32.2. The first-order valence-corrected chi connectivity index (χ1v) is 13.7. The summed E-state index contributed by atoms with van der Waals surface area (Å²) in [6.07, 6.45) is 3.64. The molecule has 0 aliphatic heterocycles. The van der Waals surface area contributed by atoms with Gasteiger partial charge in [0.05, 0.1) is 4.90 Å². The first-order valence-electron chi connectivity index (χ1n) is 12.2. The molecular weight excluding hydrogens is 428 g/mol. The highest BCUT2D eigenvalue weighted by Crippen LogP contribution is 2.44. The molecule has 0 spiro atoms. The van der Waals surface area contributed by atoms with Crippen molar-refractivity contribution in [3.8, 4) is 0 Å². The van der Waals surface area contributed by atoms with Gasteiger partial charge in [0.25, 0.3) is 10.0 Å². The van der Waals surface area contributed by atoms with E-state index in [-0.39, 0.29) is 29.1 Å². The number of benzene rings is 1. The minimum Gasteiger partial charge on any atom is -0.200 e. The van der Waals surface area contributed by atoms with Gasteiger partial charge < -0.3 is 0 Å². The van der Waals surface area contributed by atoms with Crippen molar-refractivity contribution in [3.05, 3.63) is 53.6 Å². The van der Waals surface area contributed by atoms with Gasteiger partial charge in [0.2, 0.25) is 0 Å². The van der Waals surface area contributed by atoms with E-state index in [0.29, 0.717) is 17.2 Å². The van der Waals surface area contributed by atoms with Crippen molar-refractivity contribution >= 4 is 15.7 Å². The van der Waals surface area contributed by atoms with Crippen molar-refractivity contribution in [2.45, 2.75) is 97.8 Å². The fraction of sp³-hybridized carbons (Fsp3) is 0.607. The van der Waals surface area contributed by atoms with Gasteiger partial charge in [-0.3, -0.25) is 0 Å². The summed E-state index contributed by atoms with van der Waals surface area (Å²) in [5, 5.41) is 4.56. The fourth-order valence-corrected chi connectivity index (χ4v) is 6.24. The SMILES string of the molecule is C=C[C@H]1C[C@H](C(=C)C)C/C(=N\NS(=O)(=O)c2c(C(C)C)cc(C(C)C)cc2C(C)C)C1(C)C. The smallest absolute Gasteiger partial charge is 0.200 e. The average Bonchev–Trinajstić information content (AvgIpc) is 2.71. The van der Waals surface area contributed by atoms with E-state index in [1.807, 2.05) is 40.7 Å². The second-order valence-corrected chi connectivity index (χ2v) is 12.8. The van der Waals surface area contributed by atoms with Gasteiger partial charge in [-0.2, -0.15) is 13.5 Å². The minimum absolute atomic E-state index is 0.0736. The van der Waals surface area contributed by atoms with Gasteiger partial charge in [-0.1, -0.05) is 85.8 Å². The average molecular weight is 473 g/mol. The van der Waals surface area contributed by atoms with Crippen molar-refractivity contribution in [2.24, 2.45) is 22.4 Å². The molecule has 1 aromatic rings. The van der Waals surface area contributed by atoms with E-state index < -0.39 is 10.0 Å². The minimum atomic E-state index is -3.85. The van der Waals surface area contributed by atoms with Crippen LogP contribution in [0.2, 0.25) is 0 Å². The lowest BCUT2D eigenvalue weighted by atomic mass is 9.63. The van der Waals surface area contributed by atoms with Crippen molar-refractivity contribution in [3.63, 3.8) is 0 Å². The number of hydrazone groups is 1. The Hall–Kier alpha value is -1.88. The molecule has 0 bridgehead atoms. The third kappa shape index (κ3) is 5.79. The van der Waals surface area contributed by atoms with Crippen molar-refractivity contribution in [1.82, 2.24) is 4.83 Å². The summed E-state index contributed by atoms with van der Waals surface area (Å²) in [4.78, 5) is 3.02. The van der Waals surface area contributed by atoms with Crippen LogP contribution >= 0.6 is 0 Å². The molecule has 4 nitrogen and oxygen atoms in total. The summed E-state index contributed by atoms with van der Waals surface area (Å²) in [6.45, 7) is 26.9. The number of allylic oxidation sites excluding steroid dienone is 2. The van der Waals surface area contributed by atoms with Gasteiger partial charge in [0.1, 0.15) is 0 Å². The zero-order valence-corrected chi connectivity index (χ0v) is 22.9. The summed E-state index contributed by atoms with van der Waals surface area (Å²) < 4.78 is 27.5. The molecule has 0 amide bonds. The molecule has 5 heteroatoms. The largest absolute Gasteiger partial charge is 0.277 e. The number of nitrogens with one attached hydrogen (secondary N) is 1. The Morgan fingerprint density at radius 3 is 2.00 bits per heavy atom. The maximum absolute atomic E-state index is 13.7. The van der Waals surface area contributed by atoms with E-state index in [2.05, 4.69) is 62.9 Å². The van der Waals surface area contributed by atoms with Crippen LogP contribution in [-0.4, -0.2) is 14.1 Å². The van der Waals surface area contributed by atoms with E-state index in [4.69, 9.17) is 0 Å². The van der Waals surface area contributed by atoms with Crippen molar-refractivity contribution in [1.29, 1.82) is 0 Å². The second-order valence-electron chi connectivity index (χ2n) is 11.2. The van der Waals surface area contributed by atoms with Crippen LogP contribution in [0.15, 0.2) is 46.9 Å². The zero-order valence-electron chi connectivity index (χ0n) is 22.1. The number of hydrogen-bond donors (Lipinski definition) is 1. The Bertz CT molecular complexity index is 1000. The van der Waals surface area contributed by atoms with Crippen LogP contribution in [0.4, 0.5) is 0 Å². The number of sulfonamides is 1. The summed E-state index contributed by atoms with van der Waals surface area (Å²) in [7, 11) is -3.85. The van der Waals surface area contributed by atoms with E-state index in [1.54, 1.807) is 0 Å². The Kier molecular flexibility index (Phi) is 8.43. The van der Waals surface area contributed by atoms with Crippen LogP contribution in [0, 0.1) is 17.3 Å². The third-order valence-electron chi connectivity index (χ3n) is 7.28. The normalized spacial score (nSPS) is 22.2. The predicted molar refractivity (Wildman–Crippen MR) is 141 cm³/mol. The lowest BCUT2D eigenvalue weighted by molar-refractivity contribution is 0.278. The highest BCUT2D eigenvalue weighted by Gasteiger charge is 2.40. The van der Waals surface area contributed by atoms with E-state index in [1.165, 1.54) is 5.56 Å². The molecule has 0 aromatic heterocycles. The standard InChI is InChI=1S/C28H44N2O2S/c1-12-23-13-21(17(2)3)16-26(28(23,10)11)29-30-33(31,32)27-24(19(6)7)14-22(18(4)5)15-25(27)20(8)9/h12,14-15,18-21,23,30H,1-2,13,16H2,3-11H3/b29-26+/t21-,23-/m0/s1. The van der Waals surface area contributed by atoms with Gasteiger partial charge in [-0.25, -0.2) is 4.83 Å². The Morgan fingerprint density at radius 1 is 1.09 bits per heavy atom. The Labute approximate surface area is 202 Å². The van der Waals surface area contributed by atoms with Crippen molar-refractivity contribution < 1.29 is 8.42 Å². The summed E-state index contributed by atoms with van der Waals surface area (Å²) in [6, 6.07) is 4.11. The topological polar surface area (TPSA) is 58.5 Å². The predicted octanol–water partition coefficient (Wildman–Crippen LogP) is 7.51. The second kappa shape index (κ2) is 10.2. The van der Waals surface area contributed by atoms with Crippen LogP contribution in [-0.2, 0) is 10.0 Å². The molecule has 184 valence electrons. The number of hydrogen-bond acceptors (Lipinski definition) is 3. The van der Waals surface area contributed by atoms with Gasteiger partial charge in [0.15, 0.2) is 0 Å². The van der Waals surface area contributed by atoms with Crippen LogP contribution in [0.3, 0.4) is 0 Å². The lowest BCUT2D eigenvalue weighted by Gasteiger charge is -2.42. The van der Waals surface area contributed by atoms with E-state index in [0.717, 1.165) is 28.8 Å². The van der Waals surface area contributed by atoms with E-state index >= 15 is 0 Å². The molecule has 1 aromatic carbocycles. The molecule has 1 N–H and O–H groups in total. The Balaban J connectivity index is 2.61. The Morgan fingerprint density at radius 2 is 1.61 bits per heavy atom. The molecule has 1 aliphatic carbocycles. The van der Waals surface area contributed by atoms with Crippen LogP contribution in [0.1, 0.15) is 110 Å². The summed E-state index contributed by atoms with van der Waals surface area (Å²) in [5.74, 6) is 0.947. The van der Waals surface area contributed by atoms with Crippen molar-refractivity contribution in [2.75, 3.05) is 0 Å². The van der Waals surface area contributed by atoms with Crippen LogP contribution < -0.4 is 4.83 Å². The maximum Gasteiger partial charge on any atom is 0.277 e. The van der Waals surface area contributed by atoms with Gasteiger partial charge in [0, 0.05) is 11.1 Å². The molecule has 2 rings (SSSR count). The zero-order chi connectivity index (χ0) is 25.3. The molecule has 0 radical (unpaired) electrons. The molecular formula is C28H44N2O2S. The first-order chi connectivity index (χ1) is 15.1. The molecule has 0 saturated heterocycles. The number of nitrogens with zero attached hydrogens (tertiary/aromatic N) is 1. The summed E-state index contributed by atoms with van der Waals surface area (Å²) >= 11 is 0. The quantitative estimate of drug-likeness (QED) is 0.314. The fourth-order valence-electron chi connectivity index (χ4n) is 4.71. The monoisotopic (exact) mass is 472 g/mol. The molecule has 1 aliphatic rings. The van der Waals surface area contributed by atoms with Crippen LogP contribution in [0.5, 0.6) is 0 Å². The first kappa shape index (κ1) is 27.4. The molecule has 0 unspecified atom stereocenters. The molecule has 0 heterocycles. The van der Waals surface area contributed by atoms with Gasteiger partial charge in [-0.15, -0.1) is 6.58 Å². The van der Waals surface area contributed by atoms with E-state index in [9.17, 15) is 8.42 Å². The molecule has 1 fully saturated rings. The molecule has 1 saturated carbocycles. The number of rotatable bonds is 8. The highest BCUT2D eigenvalue weighted by molar-refractivity contribution is 7.89. The van der Waals surface area contributed by atoms with Gasteiger partial charge >= 0.3 is 0 Å². The molecule has 33 heavy (non-hydrogen) atoms. The molecule has 2 atom stereocenters. The third-order valence-corrected chi connectivity index (χ3v) is 8.62.